The largest absolute Gasteiger partial charge is 0.361 e. The number of aromatic nitrogens is 1. The molecule has 1 atom stereocenters. The van der Waals surface area contributed by atoms with Crippen LogP contribution in [0.5, 0.6) is 0 Å². The summed E-state index contributed by atoms with van der Waals surface area (Å²) in [5.41, 5.74) is 2.64. The van der Waals surface area contributed by atoms with E-state index in [9.17, 15) is 4.79 Å². The number of hydrogen-bond donors (Lipinski definition) is 3. The third kappa shape index (κ3) is 1.29. The van der Waals surface area contributed by atoms with Crippen molar-refractivity contribution in [3.8, 4) is 0 Å². The summed E-state index contributed by atoms with van der Waals surface area (Å²) in [7, 11) is 0. The molecule has 0 spiro atoms. The van der Waals surface area contributed by atoms with Gasteiger partial charge in [0.05, 0.1) is 0 Å². The Morgan fingerprint density at radius 3 is 2.94 bits per heavy atom. The van der Waals surface area contributed by atoms with Gasteiger partial charge in [0.25, 0.3) is 5.91 Å². The summed E-state index contributed by atoms with van der Waals surface area (Å²) in [6, 6.07) is 7.69. The zero-order chi connectivity index (χ0) is 12.6. The molecule has 0 radical (unpaired) electrons. The molecule has 1 aliphatic heterocycles. The van der Waals surface area contributed by atoms with E-state index >= 15 is 0 Å². The fourth-order valence-electron chi connectivity index (χ4n) is 2.18. The van der Waals surface area contributed by atoms with Crippen molar-refractivity contribution in [2.45, 2.75) is 5.54 Å². The Morgan fingerprint density at radius 1 is 1.39 bits per heavy atom. The van der Waals surface area contributed by atoms with E-state index in [4.69, 9.17) is 5.84 Å². The molecule has 6 heteroatoms. The molecule has 1 aliphatic rings. The average Bonchev–Trinajstić information content (AvgIpc) is 3.04. The van der Waals surface area contributed by atoms with Crippen LogP contribution in [-0.2, 0) is 10.3 Å². The van der Waals surface area contributed by atoms with E-state index in [-0.39, 0.29) is 0 Å². The van der Waals surface area contributed by atoms with Crippen molar-refractivity contribution in [2.24, 2.45) is 16.1 Å². The smallest absolute Gasteiger partial charge is 0.272 e. The molecular weight excluding hydrogens is 230 g/mol. The molecule has 2 aromatic rings. The molecule has 90 valence electrons. The molecule has 0 aliphatic carbocycles. The highest BCUT2D eigenvalue weighted by Crippen LogP contribution is 2.36. The molecule has 0 saturated carbocycles. The number of hydrazine groups is 1. The first-order valence-electron chi connectivity index (χ1n) is 5.45. The van der Waals surface area contributed by atoms with Crippen LogP contribution in [0.2, 0.25) is 0 Å². The predicted octanol–water partition coefficient (Wildman–Crippen LogP) is 1.33. The molecule has 1 aromatic carbocycles. The van der Waals surface area contributed by atoms with Gasteiger partial charge in [-0.25, -0.2) is 5.84 Å². The summed E-state index contributed by atoms with van der Waals surface area (Å²) in [4.78, 5) is 15.1. The van der Waals surface area contributed by atoms with Gasteiger partial charge >= 0.3 is 0 Å². The van der Waals surface area contributed by atoms with Crippen LogP contribution in [0.4, 0.5) is 0 Å². The highest BCUT2D eigenvalue weighted by atomic mass is 16.2. The summed E-state index contributed by atoms with van der Waals surface area (Å²) in [5.74, 6) is 4.83. The van der Waals surface area contributed by atoms with E-state index < -0.39 is 11.4 Å². The van der Waals surface area contributed by atoms with E-state index in [2.05, 4.69) is 20.6 Å². The molecule has 4 N–H and O–H groups in total. The second-order valence-corrected chi connectivity index (χ2v) is 4.02. The maximum Gasteiger partial charge on any atom is 0.272 e. The Balaban J connectivity index is 2.26. The Kier molecular flexibility index (Phi) is 2.24. The Labute approximate surface area is 103 Å². The van der Waals surface area contributed by atoms with Gasteiger partial charge in [-0.1, -0.05) is 18.2 Å². The van der Waals surface area contributed by atoms with Crippen molar-refractivity contribution in [3.05, 3.63) is 48.3 Å². The number of carbonyl (C=O) groups is 1. The van der Waals surface area contributed by atoms with Gasteiger partial charge in [-0.3, -0.25) is 10.2 Å². The number of fused-ring (bicyclic) bond motifs is 1. The van der Waals surface area contributed by atoms with E-state index in [1.54, 1.807) is 12.3 Å². The minimum absolute atomic E-state index is 0.412. The second kappa shape index (κ2) is 3.78. The fourth-order valence-corrected chi connectivity index (χ4v) is 2.18. The van der Waals surface area contributed by atoms with Crippen molar-refractivity contribution in [1.29, 1.82) is 0 Å². The number of amides is 1. The van der Waals surface area contributed by atoms with Crippen molar-refractivity contribution in [1.82, 2.24) is 10.4 Å². The van der Waals surface area contributed by atoms with Gasteiger partial charge in [0.2, 0.25) is 5.54 Å². The van der Waals surface area contributed by atoms with Gasteiger partial charge in [0.15, 0.2) is 0 Å². The number of H-pyrrole nitrogens is 1. The number of para-hydroxylation sites is 1. The summed E-state index contributed by atoms with van der Waals surface area (Å²) < 4.78 is 0. The number of nitrogens with two attached hydrogens (primary N) is 1. The lowest BCUT2D eigenvalue weighted by atomic mass is 9.90. The standard InChI is InChI=1S/C12H11N5O/c13-16-11(18)12(5-6-15-17-12)9-7-14-10-4-2-1-3-8(9)10/h1-7,14H,13H2,(H,16,18). The fraction of sp³-hybridized carbons (Fsp3) is 0.0833. The van der Waals surface area contributed by atoms with E-state index in [0.29, 0.717) is 0 Å². The van der Waals surface area contributed by atoms with Crippen LogP contribution in [0.3, 0.4) is 0 Å². The van der Waals surface area contributed by atoms with Crippen molar-refractivity contribution in [3.63, 3.8) is 0 Å². The van der Waals surface area contributed by atoms with Gasteiger partial charge in [0.1, 0.15) is 0 Å². The molecule has 3 rings (SSSR count). The molecule has 18 heavy (non-hydrogen) atoms. The lowest BCUT2D eigenvalue weighted by Gasteiger charge is -2.19. The normalized spacial score (nSPS) is 21.6. The lowest BCUT2D eigenvalue weighted by molar-refractivity contribution is -0.125. The topological polar surface area (TPSA) is 95.6 Å². The predicted molar refractivity (Wildman–Crippen MR) is 66.3 cm³/mol. The summed E-state index contributed by atoms with van der Waals surface area (Å²) in [6.45, 7) is 0. The number of azo groups is 1. The van der Waals surface area contributed by atoms with Crippen molar-refractivity contribution >= 4 is 16.8 Å². The molecular formula is C12H11N5O. The zero-order valence-electron chi connectivity index (χ0n) is 9.42. The first kappa shape index (κ1) is 10.7. The molecule has 0 saturated heterocycles. The van der Waals surface area contributed by atoms with Gasteiger partial charge in [0, 0.05) is 28.9 Å². The van der Waals surface area contributed by atoms with Crippen LogP contribution in [0.25, 0.3) is 10.9 Å². The summed E-state index contributed by atoms with van der Waals surface area (Å²) in [5, 5.41) is 8.74. The first-order valence-corrected chi connectivity index (χ1v) is 5.45. The molecule has 1 aromatic heterocycles. The number of aromatic amines is 1. The minimum Gasteiger partial charge on any atom is -0.361 e. The summed E-state index contributed by atoms with van der Waals surface area (Å²) >= 11 is 0. The lowest BCUT2D eigenvalue weighted by Crippen LogP contribution is -2.44. The SMILES string of the molecule is NNC(=O)C1(c2c[nH]c3ccccc23)C=CN=N1. The molecule has 0 bridgehead atoms. The second-order valence-electron chi connectivity index (χ2n) is 4.02. The van der Waals surface area contributed by atoms with Crippen LogP contribution in [-0.4, -0.2) is 10.9 Å². The molecule has 2 heterocycles. The Morgan fingerprint density at radius 2 is 2.22 bits per heavy atom. The number of nitrogens with zero attached hydrogens (tertiary/aromatic N) is 2. The zero-order valence-corrected chi connectivity index (χ0v) is 9.42. The van der Waals surface area contributed by atoms with Gasteiger partial charge < -0.3 is 4.98 Å². The van der Waals surface area contributed by atoms with Crippen molar-refractivity contribution in [2.75, 3.05) is 0 Å². The van der Waals surface area contributed by atoms with Crippen molar-refractivity contribution < 1.29 is 4.79 Å². The third-order valence-electron chi connectivity index (χ3n) is 3.08. The van der Waals surface area contributed by atoms with Crippen LogP contribution in [0, 0.1) is 0 Å². The number of hydrogen-bond acceptors (Lipinski definition) is 4. The van der Waals surface area contributed by atoms with E-state index in [0.717, 1.165) is 16.5 Å². The number of rotatable bonds is 2. The third-order valence-corrected chi connectivity index (χ3v) is 3.08. The highest BCUT2D eigenvalue weighted by molar-refractivity contribution is 5.96. The van der Waals surface area contributed by atoms with Gasteiger partial charge in [-0.15, -0.1) is 0 Å². The minimum atomic E-state index is -1.17. The maximum absolute atomic E-state index is 12.0. The van der Waals surface area contributed by atoms with Gasteiger partial charge in [-0.2, -0.15) is 10.2 Å². The maximum atomic E-state index is 12.0. The molecule has 6 nitrogen and oxygen atoms in total. The Hall–Kier alpha value is -2.47. The van der Waals surface area contributed by atoms with Gasteiger partial charge in [-0.05, 0) is 12.1 Å². The number of carbonyl (C=O) groups excluding carboxylic acids is 1. The number of benzene rings is 1. The first-order chi connectivity index (χ1) is 8.78. The van der Waals surface area contributed by atoms with Crippen LogP contribution < -0.4 is 11.3 Å². The van der Waals surface area contributed by atoms with E-state index in [1.165, 1.54) is 6.20 Å². The molecule has 1 unspecified atom stereocenters. The highest BCUT2D eigenvalue weighted by Gasteiger charge is 2.41. The molecule has 0 fully saturated rings. The van der Waals surface area contributed by atoms with Crippen LogP contribution in [0.1, 0.15) is 5.56 Å². The van der Waals surface area contributed by atoms with Crippen LogP contribution >= 0.6 is 0 Å². The Bertz CT molecular complexity index is 658. The average molecular weight is 241 g/mol. The quantitative estimate of drug-likeness (QED) is 0.420. The van der Waals surface area contributed by atoms with Crippen LogP contribution in [0.15, 0.2) is 53.0 Å². The number of nitrogens with one attached hydrogen (secondary N) is 2. The monoisotopic (exact) mass is 241 g/mol. The molecule has 1 amide bonds. The van der Waals surface area contributed by atoms with E-state index in [1.807, 2.05) is 24.3 Å². The summed E-state index contributed by atoms with van der Waals surface area (Å²) in [6.07, 6.45) is 4.89.